The molecule has 1 aromatic rings. The fourth-order valence-corrected chi connectivity index (χ4v) is 2.33. The highest BCUT2D eigenvalue weighted by Crippen LogP contribution is 2.37. The molecule has 8 heteroatoms. The molecule has 2 rings (SSSR count). The van der Waals surface area contributed by atoms with Gasteiger partial charge >= 0.3 is 6.18 Å². The lowest BCUT2D eigenvalue weighted by Crippen LogP contribution is -2.58. The molecule has 1 fully saturated rings. The van der Waals surface area contributed by atoms with E-state index in [1.807, 2.05) is 0 Å². The molecule has 1 aliphatic rings. The van der Waals surface area contributed by atoms with E-state index in [0.717, 1.165) is 12.1 Å². The van der Waals surface area contributed by atoms with Gasteiger partial charge in [0.2, 0.25) is 0 Å². The Morgan fingerprint density at radius 1 is 1.26 bits per heavy atom. The fraction of sp³-hybridized carbons (Fsp3) is 0.364. The molecule has 1 saturated heterocycles. The molecule has 0 aromatic heterocycles. The van der Waals surface area contributed by atoms with E-state index in [4.69, 9.17) is 0 Å². The Kier molecular flexibility index (Phi) is 3.32. The first-order valence-electron chi connectivity index (χ1n) is 5.15. The first-order valence-corrected chi connectivity index (χ1v) is 5.94. The maximum atomic E-state index is 12.8. The van der Waals surface area contributed by atoms with Crippen LogP contribution in [0.3, 0.4) is 0 Å². The Labute approximate surface area is 113 Å². The van der Waals surface area contributed by atoms with Crippen LogP contribution >= 0.6 is 15.9 Å². The summed E-state index contributed by atoms with van der Waals surface area (Å²) in [6, 6.07) is 3.14. The van der Waals surface area contributed by atoms with E-state index < -0.39 is 42.2 Å². The first kappa shape index (κ1) is 14.2. The minimum Gasteiger partial charge on any atom is -0.326 e. The van der Waals surface area contributed by atoms with Gasteiger partial charge in [0.05, 0.1) is 24.2 Å². The van der Waals surface area contributed by atoms with Crippen LogP contribution in [0.25, 0.3) is 0 Å². The van der Waals surface area contributed by atoms with Crippen LogP contribution in [0, 0.1) is 0 Å². The minimum absolute atomic E-state index is 0.0671. The molecule has 1 aromatic carbocycles. The molecule has 0 unspecified atom stereocenters. The molecule has 0 aliphatic carbocycles. The third kappa shape index (κ3) is 2.72. The second kappa shape index (κ2) is 4.43. The Hall–Kier alpha value is -1.18. The Balaban J connectivity index is 2.37. The van der Waals surface area contributed by atoms with E-state index in [2.05, 4.69) is 15.9 Å². The van der Waals surface area contributed by atoms with Crippen molar-refractivity contribution in [1.29, 1.82) is 0 Å². The average Bonchev–Trinajstić information content (AvgIpc) is 2.23. The zero-order valence-corrected chi connectivity index (χ0v) is 10.9. The Bertz CT molecular complexity index is 520. The summed E-state index contributed by atoms with van der Waals surface area (Å²) in [6.07, 6.45) is -4.72. The molecule has 0 saturated carbocycles. The van der Waals surface area contributed by atoms with Crippen LogP contribution in [-0.4, -0.2) is 29.8 Å². The van der Waals surface area contributed by atoms with E-state index >= 15 is 0 Å². The Morgan fingerprint density at radius 3 is 2.32 bits per heavy atom. The molecule has 19 heavy (non-hydrogen) atoms. The molecule has 0 N–H and O–H groups in total. The van der Waals surface area contributed by atoms with E-state index in [1.54, 1.807) is 0 Å². The van der Waals surface area contributed by atoms with Crippen LogP contribution in [0.15, 0.2) is 22.7 Å². The highest BCUT2D eigenvalue weighted by atomic mass is 79.9. The number of hydrogen-bond acceptors (Lipinski definition) is 1. The molecule has 0 radical (unpaired) electrons. The zero-order chi connectivity index (χ0) is 14.4. The number of alkyl halides is 5. The van der Waals surface area contributed by atoms with Crippen molar-refractivity contribution in [3.05, 3.63) is 33.8 Å². The third-order valence-electron chi connectivity index (χ3n) is 2.66. The lowest BCUT2D eigenvalue weighted by atomic mass is 10.0. The normalized spacial score (nSPS) is 18.1. The molecule has 104 valence electrons. The number of halogens is 6. The summed E-state index contributed by atoms with van der Waals surface area (Å²) < 4.78 is 63.6. The molecule has 0 atom stereocenters. The highest BCUT2D eigenvalue weighted by Gasteiger charge is 2.48. The topological polar surface area (TPSA) is 20.3 Å². The van der Waals surface area contributed by atoms with Gasteiger partial charge in [0.25, 0.3) is 11.8 Å². The van der Waals surface area contributed by atoms with Gasteiger partial charge in [-0.2, -0.15) is 13.2 Å². The van der Waals surface area contributed by atoms with Gasteiger partial charge in [-0.05, 0) is 28.1 Å². The van der Waals surface area contributed by atoms with Crippen LogP contribution in [-0.2, 0) is 6.18 Å². The van der Waals surface area contributed by atoms with Gasteiger partial charge in [-0.3, -0.25) is 4.79 Å². The largest absolute Gasteiger partial charge is 0.417 e. The average molecular weight is 344 g/mol. The maximum Gasteiger partial charge on any atom is 0.417 e. The van der Waals surface area contributed by atoms with Crippen molar-refractivity contribution >= 4 is 21.8 Å². The van der Waals surface area contributed by atoms with Gasteiger partial charge in [0.1, 0.15) is 0 Å². The van der Waals surface area contributed by atoms with Crippen LogP contribution < -0.4 is 0 Å². The van der Waals surface area contributed by atoms with Crippen LogP contribution in [0.4, 0.5) is 22.0 Å². The highest BCUT2D eigenvalue weighted by molar-refractivity contribution is 9.10. The monoisotopic (exact) mass is 343 g/mol. The summed E-state index contributed by atoms with van der Waals surface area (Å²) in [5.74, 6) is -4.07. The van der Waals surface area contributed by atoms with Gasteiger partial charge in [-0.1, -0.05) is 6.07 Å². The smallest absolute Gasteiger partial charge is 0.326 e. The summed E-state index contributed by atoms with van der Waals surface area (Å²) in [4.78, 5) is 12.6. The number of amides is 1. The number of carbonyl (C=O) groups is 1. The second-order valence-corrected chi connectivity index (χ2v) is 5.03. The number of hydrogen-bond donors (Lipinski definition) is 0. The molecule has 0 spiro atoms. The zero-order valence-electron chi connectivity index (χ0n) is 9.27. The Morgan fingerprint density at radius 2 is 1.84 bits per heavy atom. The van der Waals surface area contributed by atoms with Crippen molar-refractivity contribution in [2.45, 2.75) is 12.1 Å². The maximum absolute atomic E-state index is 12.8. The molecule has 1 heterocycles. The first-order chi connectivity index (χ1) is 8.62. The van der Waals surface area contributed by atoms with E-state index in [9.17, 15) is 26.7 Å². The number of likely N-dealkylation sites (tertiary alicyclic amines) is 1. The van der Waals surface area contributed by atoms with Crippen molar-refractivity contribution in [3.8, 4) is 0 Å². The molecule has 1 amide bonds. The van der Waals surface area contributed by atoms with Crippen LogP contribution in [0.5, 0.6) is 0 Å². The SMILES string of the molecule is O=C(c1c(Br)cccc1C(F)(F)F)N1CC(F)(F)C1. The van der Waals surface area contributed by atoms with Gasteiger partial charge in [0.15, 0.2) is 0 Å². The lowest BCUT2D eigenvalue weighted by Gasteiger charge is -2.39. The van der Waals surface area contributed by atoms with Crippen molar-refractivity contribution in [2.75, 3.05) is 13.1 Å². The molecular formula is C11H7BrF5NO. The minimum atomic E-state index is -4.72. The van der Waals surface area contributed by atoms with Gasteiger partial charge in [-0.25, -0.2) is 8.78 Å². The third-order valence-corrected chi connectivity index (χ3v) is 3.33. The molecule has 2 nitrogen and oxygen atoms in total. The van der Waals surface area contributed by atoms with Gasteiger partial charge in [0, 0.05) is 4.47 Å². The summed E-state index contributed by atoms with van der Waals surface area (Å²) in [6.45, 7) is -1.71. The van der Waals surface area contributed by atoms with Crippen molar-refractivity contribution < 1.29 is 26.7 Å². The standard InChI is InChI=1S/C11H7BrF5NO/c12-7-3-1-2-6(11(15,16)17)8(7)9(19)18-4-10(13,14)5-18/h1-3H,4-5H2. The molecule has 0 bridgehead atoms. The van der Waals surface area contributed by atoms with Crippen molar-refractivity contribution in [1.82, 2.24) is 4.90 Å². The van der Waals surface area contributed by atoms with Gasteiger partial charge in [-0.15, -0.1) is 0 Å². The lowest BCUT2D eigenvalue weighted by molar-refractivity contribution is -0.138. The molecule has 1 aliphatic heterocycles. The summed E-state index contributed by atoms with van der Waals surface area (Å²) in [7, 11) is 0. The van der Waals surface area contributed by atoms with Crippen LogP contribution in [0.1, 0.15) is 15.9 Å². The van der Waals surface area contributed by atoms with Crippen LogP contribution in [0.2, 0.25) is 0 Å². The van der Waals surface area contributed by atoms with Crippen molar-refractivity contribution in [3.63, 3.8) is 0 Å². The summed E-state index contributed by atoms with van der Waals surface area (Å²) >= 11 is 2.86. The molecular weight excluding hydrogens is 337 g/mol. The fourth-order valence-electron chi connectivity index (χ4n) is 1.79. The van der Waals surface area contributed by atoms with Gasteiger partial charge < -0.3 is 4.90 Å². The van der Waals surface area contributed by atoms with E-state index in [0.29, 0.717) is 4.90 Å². The number of carbonyl (C=O) groups excluding carboxylic acids is 1. The van der Waals surface area contributed by atoms with Crippen molar-refractivity contribution in [2.24, 2.45) is 0 Å². The summed E-state index contributed by atoms with van der Waals surface area (Å²) in [5, 5.41) is 0. The number of nitrogens with zero attached hydrogens (tertiary/aromatic N) is 1. The van der Waals surface area contributed by atoms with E-state index in [-0.39, 0.29) is 4.47 Å². The number of benzene rings is 1. The number of rotatable bonds is 1. The summed E-state index contributed by atoms with van der Waals surface area (Å²) in [5.41, 5.74) is -1.77. The predicted octanol–water partition coefficient (Wildman–Crippen LogP) is 3.56. The quantitative estimate of drug-likeness (QED) is 0.714. The predicted molar refractivity (Wildman–Crippen MR) is 60.0 cm³/mol. The van der Waals surface area contributed by atoms with E-state index in [1.165, 1.54) is 6.07 Å². The second-order valence-electron chi connectivity index (χ2n) is 4.18.